The minimum Gasteiger partial charge on any atom is -0.462 e. The van der Waals surface area contributed by atoms with Crippen molar-refractivity contribution in [2.45, 2.75) is 57.8 Å². The van der Waals surface area contributed by atoms with E-state index in [1.54, 1.807) is 7.11 Å². The Morgan fingerprint density at radius 2 is 1.66 bits per heavy atom. The lowest BCUT2D eigenvalue weighted by Gasteiger charge is -2.19. The number of ether oxygens (including phenoxy) is 3. The zero-order valence-electron chi connectivity index (χ0n) is 19.1. The molecule has 0 saturated carbocycles. The van der Waals surface area contributed by atoms with E-state index in [1.165, 1.54) is 12.5 Å². The summed E-state index contributed by atoms with van der Waals surface area (Å²) in [6, 6.07) is 18.0. The number of carbonyl (C=O) groups is 2. The molecule has 2 unspecified atom stereocenters. The van der Waals surface area contributed by atoms with Gasteiger partial charge in [-0.2, -0.15) is 0 Å². The molecule has 0 radical (unpaired) electrons. The first kappa shape index (κ1) is 25.5. The minimum atomic E-state index is -0.486. The molecular weight excluding hydrogens is 404 g/mol. The largest absolute Gasteiger partial charge is 0.462 e. The van der Waals surface area contributed by atoms with Crippen molar-refractivity contribution >= 4 is 17.8 Å². The zero-order valence-corrected chi connectivity index (χ0v) is 19.1. The zero-order chi connectivity index (χ0) is 23.2. The Kier molecular flexibility index (Phi) is 11.4. The SMILES string of the molecule is C=Cc1ccc(CCC(CC(=O)OC(CCOCc2ccccc2)CC(C)=O)OC)cc1. The average molecular weight is 439 g/mol. The lowest BCUT2D eigenvalue weighted by molar-refractivity contribution is -0.153. The van der Waals surface area contributed by atoms with Crippen LogP contribution in [-0.2, 0) is 36.8 Å². The van der Waals surface area contributed by atoms with Crippen LogP contribution < -0.4 is 0 Å². The Labute approximate surface area is 191 Å². The second kappa shape index (κ2) is 14.3. The highest BCUT2D eigenvalue weighted by atomic mass is 16.5. The number of aryl methyl sites for hydroxylation is 1. The molecule has 5 nitrogen and oxygen atoms in total. The highest BCUT2D eigenvalue weighted by Crippen LogP contribution is 2.15. The molecule has 0 fully saturated rings. The van der Waals surface area contributed by atoms with Gasteiger partial charge in [0.05, 0.1) is 25.7 Å². The van der Waals surface area contributed by atoms with Crippen LogP contribution in [-0.4, -0.2) is 37.7 Å². The van der Waals surface area contributed by atoms with Crippen LogP contribution >= 0.6 is 0 Å². The van der Waals surface area contributed by atoms with E-state index in [-0.39, 0.29) is 30.7 Å². The number of benzene rings is 2. The third-order valence-corrected chi connectivity index (χ3v) is 5.21. The van der Waals surface area contributed by atoms with E-state index in [0.29, 0.717) is 26.1 Å². The molecule has 32 heavy (non-hydrogen) atoms. The van der Waals surface area contributed by atoms with Crippen molar-refractivity contribution in [3.05, 3.63) is 77.9 Å². The van der Waals surface area contributed by atoms with Crippen LogP contribution in [0.3, 0.4) is 0 Å². The maximum Gasteiger partial charge on any atom is 0.308 e. The van der Waals surface area contributed by atoms with Crippen molar-refractivity contribution in [3.63, 3.8) is 0 Å². The van der Waals surface area contributed by atoms with E-state index >= 15 is 0 Å². The lowest BCUT2D eigenvalue weighted by atomic mass is 10.0. The minimum absolute atomic E-state index is 0.0166. The van der Waals surface area contributed by atoms with Gasteiger partial charge in [-0.25, -0.2) is 0 Å². The summed E-state index contributed by atoms with van der Waals surface area (Å²) in [6.45, 7) is 6.16. The Balaban J connectivity index is 1.77. The van der Waals surface area contributed by atoms with Crippen molar-refractivity contribution in [2.75, 3.05) is 13.7 Å². The van der Waals surface area contributed by atoms with E-state index in [4.69, 9.17) is 14.2 Å². The van der Waals surface area contributed by atoms with Gasteiger partial charge < -0.3 is 14.2 Å². The molecule has 0 saturated heterocycles. The number of ketones is 1. The van der Waals surface area contributed by atoms with Crippen LogP contribution in [0.4, 0.5) is 0 Å². The Morgan fingerprint density at radius 1 is 0.938 bits per heavy atom. The highest BCUT2D eigenvalue weighted by Gasteiger charge is 2.20. The quantitative estimate of drug-likeness (QED) is 0.284. The van der Waals surface area contributed by atoms with Gasteiger partial charge in [0, 0.05) is 20.0 Å². The van der Waals surface area contributed by atoms with Crippen molar-refractivity contribution < 1.29 is 23.8 Å². The molecule has 2 aromatic rings. The summed E-state index contributed by atoms with van der Waals surface area (Å²) in [5.74, 6) is -0.370. The molecule has 0 aromatic heterocycles. The van der Waals surface area contributed by atoms with Crippen LogP contribution in [0, 0.1) is 0 Å². The standard InChI is InChI=1S/C27H34O5/c1-4-22-10-12-23(13-11-22)14-15-25(30-3)19-27(29)32-26(18-21(2)28)16-17-31-20-24-8-6-5-7-9-24/h4-13,25-26H,1,14-20H2,2-3H3. The van der Waals surface area contributed by atoms with E-state index in [2.05, 4.69) is 18.7 Å². The molecule has 0 aliphatic rings. The summed E-state index contributed by atoms with van der Waals surface area (Å²) in [7, 11) is 1.60. The fourth-order valence-electron chi connectivity index (χ4n) is 3.37. The van der Waals surface area contributed by atoms with Crippen LogP contribution in [0.2, 0.25) is 0 Å². The number of Topliss-reactive ketones (excluding diaryl/α,β-unsaturated/α-hetero) is 1. The van der Waals surface area contributed by atoms with Gasteiger partial charge in [-0.15, -0.1) is 0 Å². The first-order chi connectivity index (χ1) is 15.5. The maximum atomic E-state index is 12.5. The predicted octanol–water partition coefficient (Wildman–Crippen LogP) is 5.17. The van der Waals surface area contributed by atoms with Crippen LogP contribution in [0.25, 0.3) is 6.08 Å². The molecule has 0 amide bonds. The number of esters is 1. The van der Waals surface area contributed by atoms with Gasteiger partial charge in [-0.3, -0.25) is 9.59 Å². The second-order valence-corrected chi connectivity index (χ2v) is 7.89. The van der Waals surface area contributed by atoms with Crippen molar-refractivity contribution in [2.24, 2.45) is 0 Å². The Hall–Kier alpha value is -2.76. The normalized spacial score (nSPS) is 12.7. The molecular formula is C27H34O5. The molecule has 172 valence electrons. The van der Waals surface area contributed by atoms with Gasteiger partial charge in [-0.1, -0.05) is 67.3 Å². The summed E-state index contributed by atoms with van der Waals surface area (Å²) in [4.78, 5) is 24.1. The second-order valence-electron chi connectivity index (χ2n) is 7.89. The van der Waals surface area contributed by atoms with Crippen LogP contribution in [0.15, 0.2) is 61.2 Å². The molecule has 0 bridgehead atoms. The first-order valence-corrected chi connectivity index (χ1v) is 11.0. The van der Waals surface area contributed by atoms with E-state index < -0.39 is 6.10 Å². The summed E-state index contributed by atoms with van der Waals surface area (Å²) >= 11 is 0. The van der Waals surface area contributed by atoms with Gasteiger partial charge in [0.15, 0.2) is 0 Å². The number of rotatable bonds is 15. The fourth-order valence-corrected chi connectivity index (χ4v) is 3.37. The Bertz CT molecular complexity index is 829. The van der Waals surface area contributed by atoms with Crippen molar-refractivity contribution in [1.82, 2.24) is 0 Å². The third-order valence-electron chi connectivity index (χ3n) is 5.21. The molecule has 0 N–H and O–H groups in total. The van der Waals surface area contributed by atoms with E-state index in [9.17, 15) is 9.59 Å². The molecule has 2 rings (SSSR count). The lowest BCUT2D eigenvalue weighted by Crippen LogP contribution is -2.26. The van der Waals surface area contributed by atoms with Crippen LogP contribution in [0.5, 0.6) is 0 Å². The monoisotopic (exact) mass is 438 g/mol. The average Bonchev–Trinajstić information content (AvgIpc) is 2.80. The molecule has 0 aliphatic heterocycles. The highest BCUT2D eigenvalue weighted by molar-refractivity contribution is 5.77. The predicted molar refractivity (Wildman–Crippen MR) is 126 cm³/mol. The fraction of sp³-hybridized carbons (Fsp3) is 0.407. The van der Waals surface area contributed by atoms with Gasteiger partial charge in [-0.05, 0) is 36.5 Å². The van der Waals surface area contributed by atoms with Crippen LogP contribution in [0.1, 0.15) is 49.3 Å². The van der Waals surface area contributed by atoms with E-state index in [0.717, 1.165) is 17.5 Å². The van der Waals surface area contributed by atoms with Crippen molar-refractivity contribution in [1.29, 1.82) is 0 Å². The smallest absolute Gasteiger partial charge is 0.308 e. The molecule has 5 heteroatoms. The summed E-state index contributed by atoms with van der Waals surface area (Å²) in [6.07, 6.45) is 3.40. The molecule has 0 spiro atoms. The molecule has 0 aliphatic carbocycles. The summed E-state index contributed by atoms with van der Waals surface area (Å²) < 4.78 is 16.8. The number of hydrogen-bond acceptors (Lipinski definition) is 5. The topological polar surface area (TPSA) is 61.8 Å². The van der Waals surface area contributed by atoms with Gasteiger partial charge in [0.1, 0.15) is 11.9 Å². The van der Waals surface area contributed by atoms with Gasteiger partial charge in [0.25, 0.3) is 0 Å². The summed E-state index contributed by atoms with van der Waals surface area (Å²) in [5, 5.41) is 0. The van der Waals surface area contributed by atoms with E-state index in [1.807, 2.05) is 48.5 Å². The summed E-state index contributed by atoms with van der Waals surface area (Å²) in [5.41, 5.74) is 3.33. The molecule has 2 atom stereocenters. The number of carbonyl (C=O) groups excluding carboxylic acids is 2. The number of hydrogen-bond donors (Lipinski definition) is 0. The van der Waals surface area contributed by atoms with Gasteiger partial charge >= 0.3 is 5.97 Å². The first-order valence-electron chi connectivity index (χ1n) is 11.0. The third kappa shape index (κ3) is 10.0. The number of methoxy groups -OCH3 is 1. The Morgan fingerprint density at radius 3 is 2.28 bits per heavy atom. The molecule has 0 heterocycles. The van der Waals surface area contributed by atoms with Crippen molar-refractivity contribution in [3.8, 4) is 0 Å². The van der Waals surface area contributed by atoms with Gasteiger partial charge in [0.2, 0.25) is 0 Å². The maximum absolute atomic E-state index is 12.5. The molecule has 2 aromatic carbocycles.